The van der Waals surface area contributed by atoms with E-state index in [1.54, 1.807) is 63.2 Å². The van der Waals surface area contributed by atoms with E-state index in [0.717, 1.165) is 0 Å². The number of carbonyl (C=O) groups is 6. The lowest BCUT2D eigenvalue weighted by Gasteiger charge is -2.24. The molecular weight excluding hydrogens is 1490 g/mol. The van der Waals surface area contributed by atoms with E-state index in [1.807, 2.05) is 0 Å². The van der Waals surface area contributed by atoms with Gasteiger partial charge in [-0.1, -0.05) is 34.8 Å². The lowest BCUT2D eigenvalue weighted by molar-refractivity contribution is -0.120. The fourth-order valence-corrected chi connectivity index (χ4v) is 10.5. The van der Waals surface area contributed by atoms with Crippen LogP contribution in [0.3, 0.4) is 0 Å². The first-order chi connectivity index (χ1) is 51.5. The fraction of sp³-hybridized carbons (Fsp3) is 0.260. The zero-order valence-electron chi connectivity index (χ0n) is 60.3. The van der Waals surface area contributed by atoms with Gasteiger partial charge >= 0.3 is 5.97 Å². The van der Waals surface area contributed by atoms with Gasteiger partial charge in [0.25, 0.3) is 17.7 Å². The Labute approximate surface area is 639 Å². The first-order valence-corrected chi connectivity index (χ1v) is 33.6. The highest BCUT2D eigenvalue weighted by molar-refractivity contribution is 6.31. The van der Waals surface area contributed by atoms with Crippen molar-refractivity contribution >= 4 is 70.1 Å². The van der Waals surface area contributed by atoms with E-state index in [1.165, 1.54) is 146 Å². The summed E-state index contributed by atoms with van der Waals surface area (Å²) in [5.74, 6) is -2.17. The maximum Gasteiger partial charge on any atom is 0.335 e. The van der Waals surface area contributed by atoms with Crippen LogP contribution >= 0.6 is 34.8 Å². The lowest BCUT2D eigenvalue weighted by Crippen LogP contribution is -2.32. The molecule has 0 aliphatic heterocycles. The summed E-state index contributed by atoms with van der Waals surface area (Å²) in [6.07, 6.45) is 0.139. The van der Waals surface area contributed by atoms with Crippen molar-refractivity contribution in [3.63, 3.8) is 0 Å². The molecule has 3 unspecified atom stereocenters. The number of aliphatic hydroxyl groups is 3. The monoisotopic (exact) mass is 1570 g/mol. The Balaban J connectivity index is 0.000000238. The molecule has 3 amide bonds. The van der Waals surface area contributed by atoms with Gasteiger partial charge in [-0.25, -0.2) is 32.9 Å². The smallest absolute Gasteiger partial charge is 0.335 e. The third-order valence-corrected chi connectivity index (χ3v) is 16.9. The molecule has 0 radical (unpaired) electrons. The van der Waals surface area contributed by atoms with Crippen LogP contribution in [0.25, 0.3) is 33.8 Å². The number of primary amides is 3. The number of aromatic carboxylic acids is 1. The molecule has 0 bridgehead atoms. The maximum atomic E-state index is 13.6. The molecule has 0 spiro atoms. The zero-order chi connectivity index (χ0) is 80.7. The molecule has 0 fully saturated rings. The van der Waals surface area contributed by atoms with Crippen LogP contribution in [0.15, 0.2) is 146 Å². The van der Waals surface area contributed by atoms with Crippen LogP contribution in [0.5, 0.6) is 51.7 Å². The van der Waals surface area contributed by atoms with E-state index >= 15 is 0 Å². The van der Waals surface area contributed by atoms with Crippen molar-refractivity contribution in [1.29, 1.82) is 0 Å². The van der Waals surface area contributed by atoms with Crippen molar-refractivity contribution in [1.82, 2.24) is 15.0 Å². The standard InChI is InChI=1S/2C26H26ClFN2O6.C15H16ClFN2O2.C10H11NO5/c2*1-26(33,11-10-19(31)15-5-7-20(22(13-15)35-3)36-14-24(29)32)23-9-8-21(34-2)25(30-23)16-4-6-18(28)17(27)12-16;1-15(20,8-18)13-6-5-12(21-2)14(19-13)9-3-4-11(17)10(16)7-9;1-15-8-4-6(10(13)14)2-3-7(8)16-5-9(11)12/h2*4-9,12-13,33H,10-11,14H2,1-3H3,(H2,29,32);3-7,20H,8,18H2,1-2H3;2-4H,5H2,1H3,(H2,11,12)(H,13,14). The molecule has 0 saturated carbocycles. The number of hydrogen-bond acceptors (Lipinski definition) is 22. The van der Waals surface area contributed by atoms with Crippen LogP contribution in [0.4, 0.5) is 13.2 Å². The average molecular weight is 1570 g/mol. The molecule has 109 heavy (non-hydrogen) atoms. The van der Waals surface area contributed by atoms with E-state index in [9.17, 15) is 57.3 Å². The molecule has 3 atom stereocenters. The second kappa shape index (κ2) is 39.5. The number of carboxylic acid groups (broad SMARTS) is 1. The third-order valence-electron chi connectivity index (χ3n) is 16.0. The Morgan fingerprint density at radius 2 is 0.651 bits per heavy atom. The van der Waals surface area contributed by atoms with Gasteiger partial charge in [0, 0.05) is 47.2 Å². The molecule has 3 heterocycles. The van der Waals surface area contributed by atoms with Crippen LogP contribution in [0.2, 0.25) is 15.1 Å². The van der Waals surface area contributed by atoms with Crippen LogP contribution in [0.1, 0.15) is 94.6 Å². The van der Waals surface area contributed by atoms with Gasteiger partial charge in [-0.15, -0.1) is 0 Å². The Bertz CT molecular complexity index is 4570. The second-order valence-electron chi connectivity index (χ2n) is 24.2. The summed E-state index contributed by atoms with van der Waals surface area (Å²) in [6, 6.07) is 35.5. The fourth-order valence-electron chi connectivity index (χ4n) is 9.93. The van der Waals surface area contributed by atoms with E-state index in [4.69, 9.17) is 105 Å². The number of hydrogen-bond donors (Lipinski definition) is 8. The summed E-state index contributed by atoms with van der Waals surface area (Å²) < 4.78 is 87.6. The number of benzene rings is 6. The Hall–Kier alpha value is -11.3. The van der Waals surface area contributed by atoms with Gasteiger partial charge in [-0.05, 0) is 179 Å². The van der Waals surface area contributed by atoms with E-state index in [2.05, 4.69) is 15.0 Å². The van der Waals surface area contributed by atoms with Crippen LogP contribution < -0.4 is 65.6 Å². The molecule has 9 rings (SSSR count). The third kappa shape index (κ3) is 24.1. The van der Waals surface area contributed by atoms with Crippen LogP contribution in [-0.2, 0) is 31.2 Å². The molecule has 12 N–H and O–H groups in total. The zero-order valence-corrected chi connectivity index (χ0v) is 62.6. The van der Waals surface area contributed by atoms with Gasteiger partial charge in [0.05, 0.1) is 80.4 Å². The van der Waals surface area contributed by atoms with Crippen molar-refractivity contribution in [2.45, 2.75) is 63.3 Å². The quantitative estimate of drug-likeness (QED) is 0.0187. The van der Waals surface area contributed by atoms with Gasteiger partial charge in [-0.2, -0.15) is 0 Å². The first kappa shape index (κ1) is 86.6. The number of ether oxygens (including phenoxy) is 9. The summed E-state index contributed by atoms with van der Waals surface area (Å²) >= 11 is 17.7. The number of Topliss-reactive ketones (excluding diaryl/α,β-unsaturated/α-hetero) is 2. The molecule has 3 aromatic heterocycles. The van der Waals surface area contributed by atoms with Gasteiger partial charge in [0.2, 0.25) is 0 Å². The minimum absolute atomic E-state index is 0.00304. The Morgan fingerprint density at radius 3 is 0.908 bits per heavy atom. The summed E-state index contributed by atoms with van der Waals surface area (Å²) in [5.41, 5.74) is 21.1. The highest BCUT2D eigenvalue weighted by atomic mass is 35.5. The van der Waals surface area contributed by atoms with E-state index in [0.29, 0.717) is 79.2 Å². The van der Waals surface area contributed by atoms with Gasteiger partial charge in [-0.3, -0.25) is 24.0 Å². The topological polar surface area (TPSA) is 409 Å². The van der Waals surface area contributed by atoms with Crippen molar-refractivity contribution in [2.75, 3.05) is 69.0 Å². The SMILES string of the molecule is COc1cc(C(=O)CCC(C)(O)c2ccc(OC)c(-c3ccc(F)c(Cl)c3)n2)ccc1OCC(N)=O.COc1cc(C(=O)CCC(C)(O)c2ccc(OC)c(-c3ccc(F)c(Cl)c3)n2)ccc1OCC(N)=O.COc1cc(C(=O)O)ccc1OCC(N)=O.COc1ccc(C(C)(O)CN)nc1-c1ccc(F)c(Cl)c1. The van der Waals surface area contributed by atoms with Gasteiger partial charge in [0.1, 0.15) is 68.6 Å². The summed E-state index contributed by atoms with van der Waals surface area (Å²) in [5, 5.41) is 41.1. The summed E-state index contributed by atoms with van der Waals surface area (Å²) in [7, 11) is 8.64. The highest BCUT2D eigenvalue weighted by Crippen LogP contribution is 2.39. The maximum absolute atomic E-state index is 13.6. The van der Waals surface area contributed by atoms with Crippen molar-refractivity contribution in [2.24, 2.45) is 22.9 Å². The number of pyridine rings is 3. The number of nitrogens with zero attached hydrogens (tertiary/aromatic N) is 3. The van der Waals surface area contributed by atoms with Crippen molar-refractivity contribution in [3.8, 4) is 85.5 Å². The predicted octanol–water partition coefficient (Wildman–Crippen LogP) is 11.6. The highest BCUT2D eigenvalue weighted by Gasteiger charge is 2.31. The minimum Gasteiger partial charge on any atom is -0.494 e. The molecular formula is C77H79Cl3F3N7O19. The largest absolute Gasteiger partial charge is 0.494 e. The van der Waals surface area contributed by atoms with Crippen LogP contribution in [0, 0.1) is 17.5 Å². The number of methoxy groups -OCH3 is 6. The first-order valence-electron chi connectivity index (χ1n) is 32.5. The summed E-state index contributed by atoms with van der Waals surface area (Å²) in [6.45, 7) is 3.76. The van der Waals surface area contributed by atoms with E-state index in [-0.39, 0.29) is 119 Å². The molecule has 9 aromatic rings. The molecule has 32 heteroatoms. The molecule has 578 valence electrons. The number of nitrogens with two attached hydrogens (primary N) is 4. The number of carbonyl (C=O) groups excluding carboxylic acids is 5. The molecule has 6 aromatic carbocycles. The number of carboxylic acids is 1. The molecule has 0 saturated heterocycles. The number of amides is 3. The van der Waals surface area contributed by atoms with E-state index < -0.39 is 57.9 Å². The van der Waals surface area contributed by atoms with Gasteiger partial charge < -0.3 is 86.0 Å². The Kier molecular flexibility index (Phi) is 31.4. The van der Waals surface area contributed by atoms with Crippen LogP contribution in [-0.4, -0.2) is 140 Å². The number of halogens is 6. The van der Waals surface area contributed by atoms with Crippen molar-refractivity contribution < 1.29 is 105 Å². The molecule has 0 aliphatic rings. The minimum atomic E-state index is -1.46. The number of aromatic nitrogens is 3. The average Bonchev–Trinajstić information content (AvgIpc) is 0.804. The second-order valence-corrected chi connectivity index (χ2v) is 25.4. The normalized spacial score (nSPS) is 12.3. The van der Waals surface area contributed by atoms with Gasteiger partial charge in [0.15, 0.2) is 65.9 Å². The lowest BCUT2D eigenvalue weighted by atomic mass is 9.92. The van der Waals surface area contributed by atoms with Crippen molar-refractivity contribution in [3.05, 3.63) is 212 Å². The Morgan fingerprint density at radius 1 is 0.385 bits per heavy atom. The summed E-state index contributed by atoms with van der Waals surface area (Å²) in [4.78, 5) is 82.3. The number of rotatable bonds is 31. The number of ketones is 2. The predicted molar refractivity (Wildman–Crippen MR) is 398 cm³/mol. The molecule has 26 nitrogen and oxygen atoms in total. The molecule has 0 aliphatic carbocycles.